The highest BCUT2D eigenvalue weighted by atomic mass is 79.9. The Morgan fingerprint density at radius 1 is 1.33 bits per heavy atom. The maximum Gasteiger partial charge on any atom is 0.411 e. The van der Waals surface area contributed by atoms with E-state index >= 15 is 0 Å². The summed E-state index contributed by atoms with van der Waals surface area (Å²) in [6.45, 7) is 3.60. The van der Waals surface area contributed by atoms with Crippen molar-refractivity contribution in [3.63, 3.8) is 0 Å². The van der Waals surface area contributed by atoms with Crippen LogP contribution in [0.15, 0.2) is 27.1 Å². The van der Waals surface area contributed by atoms with E-state index in [2.05, 4.69) is 37.2 Å². The number of hydrogen-bond donors (Lipinski definition) is 1. The Hall–Kier alpha value is -0.550. The minimum Gasteiger partial charge on any atom is -0.447 e. The molecule has 0 bridgehead atoms. The molecule has 0 aliphatic heterocycles. The quantitative estimate of drug-likeness (QED) is 0.880. The van der Waals surface area contributed by atoms with Gasteiger partial charge in [0.15, 0.2) is 0 Å². The second kappa shape index (κ2) is 5.51. The van der Waals surface area contributed by atoms with Crippen LogP contribution in [-0.2, 0) is 4.74 Å². The highest BCUT2D eigenvalue weighted by Crippen LogP contribution is 2.30. The standard InChI is InChI=1S/C10H11Br2NO2/c1-6(2)15-10(14)13-9-7(11)4-3-5-8(9)12/h3-6H,1-2H3,(H,13,14). The van der Waals surface area contributed by atoms with E-state index in [9.17, 15) is 4.79 Å². The summed E-state index contributed by atoms with van der Waals surface area (Å²) in [6.07, 6.45) is -0.594. The third-order valence-corrected chi connectivity index (χ3v) is 2.85. The van der Waals surface area contributed by atoms with Gasteiger partial charge in [-0.3, -0.25) is 5.32 Å². The van der Waals surface area contributed by atoms with Crippen molar-refractivity contribution in [2.45, 2.75) is 20.0 Å². The lowest BCUT2D eigenvalue weighted by molar-refractivity contribution is 0.130. The topological polar surface area (TPSA) is 38.3 Å². The summed E-state index contributed by atoms with van der Waals surface area (Å²) >= 11 is 6.68. The lowest BCUT2D eigenvalue weighted by Crippen LogP contribution is -2.18. The van der Waals surface area contributed by atoms with E-state index in [0.717, 1.165) is 8.95 Å². The van der Waals surface area contributed by atoms with Crippen LogP contribution < -0.4 is 5.32 Å². The van der Waals surface area contributed by atoms with Crippen LogP contribution in [0.2, 0.25) is 0 Å². The highest BCUT2D eigenvalue weighted by molar-refractivity contribution is 9.11. The minimum atomic E-state index is -0.461. The fraction of sp³-hybridized carbons (Fsp3) is 0.300. The van der Waals surface area contributed by atoms with Crippen LogP contribution in [0.5, 0.6) is 0 Å². The summed E-state index contributed by atoms with van der Waals surface area (Å²) in [7, 11) is 0. The second-order valence-electron chi connectivity index (χ2n) is 3.18. The van der Waals surface area contributed by atoms with Gasteiger partial charge in [-0.2, -0.15) is 0 Å². The molecule has 0 aromatic heterocycles. The van der Waals surface area contributed by atoms with E-state index < -0.39 is 6.09 Å². The summed E-state index contributed by atoms with van der Waals surface area (Å²) in [5, 5.41) is 2.65. The first kappa shape index (κ1) is 12.5. The van der Waals surface area contributed by atoms with Crippen LogP contribution in [0.4, 0.5) is 10.5 Å². The smallest absolute Gasteiger partial charge is 0.411 e. The zero-order valence-corrected chi connectivity index (χ0v) is 11.6. The maximum atomic E-state index is 11.4. The molecule has 1 N–H and O–H groups in total. The molecule has 0 spiro atoms. The van der Waals surface area contributed by atoms with Gasteiger partial charge in [0.25, 0.3) is 0 Å². The number of amides is 1. The van der Waals surface area contributed by atoms with E-state index in [4.69, 9.17) is 4.74 Å². The van der Waals surface area contributed by atoms with E-state index in [1.807, 2.05) is 18.2 Å². The van der Waals surface area contributed by atoms with Crippen molar-refractivity contribution in [1.82, 2.24) is 0 Å². The molecule has 1 rings (SSSR count). The molecule has 5 heteroatoms. The molecular weight excluding hydrogens is 326 g/mol. The number of rotatable bonds is 2. The Balaban J connectivity index is 2.76. The van der Waals surface area contributed by atoms with Crippen LogP contribution in [0.25, 0.3) is 0 Å². The summed E-state index contributed by atoms with van der Waals surface area (Å²) in [5.41, 5.74) is 0.670. The molecule has 15 heavy (non-hydrogen) atoms. The predicted molar refractivity (Wildman–Crippen MR) is 67.1 cm³/mol. The van der Waals surface area contributed by atoms with Crippen LogP contribution >= 0.6 is 31.9 Å². The first-order valence-corrected chi connectivity index (χ1v) is 6.01. The first-order valence-electron chi connectivity index (χ1n) is 4.42. The largest absolute Gasteiger partial charge is 0.447 e. The molecule has 0 atom stereocenters. The van der Waals surface area contributed by atoms with Gasteiger partial charge in [0.05, 0.1) is 11.8 Å². The average Bonchev–Trinajstić information content (AvgIpc) is 2.10. The maximum absolute atomic E-state index is 11.4. The van der Waals surface area contributed by atoms with Gasteiger partial charge in [-0.25, -0.2) is 4.79 Å². The van der Waals surface area contributed by atoms with Crippen molar-refractivity contribution >= 4 is 43.6 Å². The SMILES string of the molecule is CC(C)OC(=O)Nc1c(Br)cccc1Br. The Morgan fingerprint density at radius 3 is 2.33 bits per heavy atom. The van der Waals surface area contributed by atoms with Crippen molar-refractivity contribution in [3.8, 4) is 0 Å². The highest BCUT2D eigenvalue weighted by Gasteiger charge is 2.10. The molecule has 82 valence electrons. The molecule has 0 saturated heterocycles. The van der Waals surface area contributed by atoms with Gasteiger partial charge in [-0.1, -0.05) is 6.07 Å². The van der Waals surface area contributed by atoms with Crippen LogP contribution in [0, 0.1) is 0 Å². The number of ether oxygens (including phenoxy) is 1. The van der Waals surface area contributed by atoms with Crippen molar-refractivity contribution in [1.29, 1.82) is 0 Å². The van der Waals surface area contributed by atoms with E-state index in [1.165, 1.54) is 0 Å². The van der Waals surface area contributed by atoms with Gasteiger partial charge in [-0.05, 0) is 57.8 Å². The third kappa shape index (κ3) is 3.83. The Morgan fingerprint density at radius 2 is 1.87 bits per heavy atom. The number of halogens is 2. The zero-order chi connectivity index (χ0) is 11.4. The van der Waals surface area contributed by atoms with Gasteiger partial charge in [0.1, 0.15) is 0 Å². The molecule has 1 aromatic carbocycles. The van der Waals surface area contributed by atoms with Crippen molar-refractivity contribution in [2.24, 2.45) is 0 Å². The molecule has 0 aliphatic rings. The monoisotopic (exact) mass is 335 g/mol. The summed E-state index contributed by atoms with van der Waals surface area (Å²) in [6, 6.07) is 5.55. The molecule has 0 radical (unpaired) electrons. The molecule has 1 aromatic rings. The zero-order valence-electron chi connectivity index (χ0n) is 8.38. The van der Waals surface area contributed by atoms with Gasteiger partial charge in [-0.15, -0.1) is 0 Å². The number of nitrogens with one attached hydrogen (secondary N) is 1. The molecule has 0 aliphatic carbocycles. The molecule has 3 nitrogen and oxygen atoms in total. The van der Waals surface area contributed by atoms with Gasteiger partial charge >= 0.3 is 6.09 Å². The van der Waals surface area contributed by atoms with E-state index in [-0.39, 0.29) is 6.10 Å². The Kier molecular flexibility index (Phi) is 4.60. The lowest BCUT2D eigenvalue weighted by Gasteiger charge is -2.11. The van der Waals surface area contributed by atoms with Crippen molar-refractivity contribution < 1.29 is 9.53 Å². The lowest BCUT2D eigenvalue weighted by atomic mass is 10.3. The van der Waals surface area contributed by atoms with Crippen LogP contribution in [0.1, 0.15) is 13.8 Å². The number of para-hydroxylation sites is 1. The Labute approximate surface area is 105 Å². The molecule has 0 unspecified atom stereocenters. The first-order chi connectivity index (χ1) is 7.00. The fourth-order valence-electron chi connectivity index (χ4n) is 0.963. The van der Waals surface area contributed by atoms with Crippen molar-refractivity contribution in [3.05, 3.63) is 27.1 Å². The number of hydrogen-bond acceptors (Lipinski definition) is 2. The van der Waals surface area contributed by atoms with Crippen molar-refractivity contribution in [2.75, 3.05) is 5.32 Å². The molecule has 0 saturated carbocycles. The average molecular weight is 337 g/mol. The van der Waals surface area contributed by atoms with Gasteiger partial charge in [0, 0.05) is 8.95 Å². The van der Waals surface area contributed by atoms with E-state index in [1.54, 1.807) is 13.8 Å². The minimum absolute atomic E-state index is 0.133. The second-order valence-corrected chi connectivity index (χ2v) is 4.88. The fourth-order valence-corrected chi connectivity index (χ4v) is 2.16. The van der Waals surface area contributed by atoms with Crippen LogP contribution in [0.3, 0.4) is 0 Å². The molecule has 1 amide bonds. The molecule has 0 fully saturated rings. The normalized spacial score (nSPS) is 10.2. The van der Waals surface area contributed by atoms with E-state index in [0.29, 0.717) is 5.69 Å². The summed E-state index contributed by atoms with van der Waals surface area (Å²) < 4.78 is 6.58. The number of benzene rings is 1. The van der Waals surface area contributed by atoms with Gasteiger partial charge < -0.3 is 4.74 Å². The molecular formula is C10H11Br2NO2. The van der Waals surface area contributed by atoms with Gasteiger partial charge in [0.2, 0.25) is 0 Å². The predicted octanol–water partition coefficient (Wildman–Crippen LogP) is 4.17. The number of carbonyl (C=O) groups is 1. The summed E-state index contributed by atoms with van der Waals surface area (Å²) in [4.78, 5) is 11.4. The molecule has 0 heterocycles. The van der Waals surface area contributed by atoms with Crippen LogP contribution in [-0.4, -0.2) is 12.2 Å². The Bertz CT molecular complexity index is 346. The third-order valence-electron chi connectivity index (χ3n) is 1.53. The number of anilines is 1. The summed E-state index contributed by atoms with van der Waals surface area (Å²) in [5.74, 6) is 0. The number of carbonyl (C=O) groups excluding carboxylic acids is 1.